The van der Waals surface area contributed by atoms with Gasteiger partial charge in [-0.1, -0.05) is 24.6 Å². The first-order valence-electron chi connectivity index (χ1n) is 4.67. The lowest BCUT2D eigenvalue weighted by atomic mass is 9.67. The van der Waals surface area contributed by atoms with Crippen LogP contribution in [0, 0.1) is 11.3 Å². The van der Waals surface area contributed by atoms with Crippen LogP contribution in [0.1, 0.15) is 20.8 Å². The zero-order valence-electron chi connectivity index (χ0n) is 8.94. The summed E-state index contributed by atoms with van der Waals surface area (Å²) in [6.07, 6.45) is 3.05. The Kier molecular flexibility index (Phi) is 2.71. The number of rotatable bonds is 2. The van der Waals surface area contributed by atoms with Crippen molar-refractivity contribution in [3.63, 3.8) is 0 Å². The quantitative estimate of drug-likeness (QED) is 0.727. The van der Waals surface area contributed by atoms with Gasteiger partial charge in [0.2, 0.25) is 0 Å². The van der Waals surface area contributed by atoms with Gasteiger partial charge in [0.05, 0.1) is 5.41 Å². The molecular formula is C11H14O4. The molecule has 2 N–H and O–H groups in total. The third kappa shape index (κ3) is 1.56. The van der Waals surface area contributed by atoms with Crippen molar-refractivity contribution in [2.75, 3.05) is 0 Å². The number of carboxylic acid groups (broad SMARTS) is 2. The maximum Gasteiger partial charge on any atom is 0.331 e. The van der Waals surface area contributed by atoms with E-state index in [1.165, 1.54) is 6.08 Å². The van der Waals surface area contributed by atoms with Crippen LogP contribution in [0.2, 0.25) is 0 Å². The number of carboxylic acids is 2. The molecule has 0 aromatic rings. The summed E-state index contributed by atoms with van der Waals surface area (Å²) in [5.41, 5.74) is -0.305. The van der Waals surface area contributed by atoms with Crippen LogP contribution in [0.3, 0.4) is 0 Å². The van der Waals surface area contributed by atoms with E-state index in [1.807, 2.05) is 0 Å². The minimum atomic E-state index is -1.12. The number of aliphatic carboxylic acids is 2. The number of hydrogen-bond acceptors (Lipinski definition) is 2. The molecular weight excluding hydrogens is 196 g/mol. The molecule has 2 atom stereocenters. The normalized spacial score (nSPS) is 30.5. The van der Waals surface area contributed by atoms with E-state index in [9.17, 15) is 14.7 Å². The van der Waals surface area contributed by atoms with Crippen molar-refractivity contribution < 1.29 is 19.8 Å². The molecule has 1 aliphatic rings. The first-order chi connectivity index (χ1) is 6.81. The molecule has 4 nitrogen and oxygen atoms in total. The van der Waals surface area contributed by atoms with E-state index < -0.39 is 23.3 Å². The fourth-order valence-corrected chi connectivity index (χ4v) is 1.80. The molecule has 0 saturated heterocycles. The van der Waals surface area contributed by atoms with Crippen LogP contribution in [0.15, 0.2) is 23.3 Å². The minimum Gasteiger partial charge on any atom is -0.481 e. The van der Waals surface area contributed by atoms with Gasteiger partial charge in [-0.25, -0.2) is 4.79 Å². The van der Waals surface area contributed by atoms with E-state index in [2.05, 4.69) is 0 Å². The van der Waals surface area contributed by atoms with Gasteiger partial charge in [0, 0.05) is 11.5 Å². The molecule has 82 valence electrons. The molecule has 0 saturated carbocycles. The molecule has 0 bridgehead atoms. The monoisotopic (exact) mass is 210 g/mol. The SMILES string of the molecule is CC1=CC=C(C(=O)O)C(C)C1(C)C(=O)O. The lowest BCUT2D eigenvalue weighted by molar-refractivity contribution is -0.148. The number of hydrogen-bond donors (Lipinski definition) is 2. The molecule has 1 rings (SSSR count). The topological polar surface area (TPSA) is 74.6 Å². The van der Waals surface area contributed by atoms with E-state index >= 15 is 0 Å². The second-order valence-electron chi connectivity index (χ2n) is 4.01. The van der Waals surface area contributed by atoms with Crippen LogP contribution in [-0.4, -0.2) is 22.2 Å². The highest BCUT2D eigenvalue weighted by Crippen LogP contribution is 2.42. The van der Waals surface area contributed by atoms with Crippen LogP contribution >= 0.6 is 0 Å². The Hall–Kier alpha value is -1.58. The first-order valence-corrected chi connectivity index (χ1v) is 4.67. The zero-order valence-corrected chi connectivity index (χ0v) is 8.94. The molecule has 0 spiro atoms. The van der Waals surface area contributed by atoms with Gasteiger partial charge in [-0.2, -0.15) is 0 Å². The molecule has 2 unspecified atom stereocenters. The molecule has 0 aliphatic heterocycles. The summed E-state index contributed by atoms with van der Waals surface area (Å²) in [5.74, 6) is -2.58. The van der Waals surface area contributed by atoms with Crippen LogP contribution in [0.5, 0.6) is 0 Å². The van der Waals surface area contributed by atoms with E-state index in [4.69, 9.17) is 5.11 Å². The van der Waals surface area contributed by atoms with E-state index in [0.29, 0.717) is 5.57 Å². The second kappa shape index (κ2) is 3.53. The zero-order chi connectivity index (χ0) is 11.8. The Morgan fingerprint density at radius 1 is 1.33 bits per heavy atom. The van der Waals surface area contributed by atoms with Crippen molar-refractivity contribution in [3.8, 4) is 0 Å². The second-order valence-corrected chi connectivity index (χ2v) is 4.01. The van der Waals surface area contributed by atoms with Crippen LogP contribution < -0.4 is 0 Å². The lowest BCUT2D eigenvalue weighted by Gasteiger charge is -2.35. The van der Waals surface area contributed by atoms with Gasteiger partial charge >= 0.3 is 11.9 Å². The van der Waals surface area contributed by atoms with Crippen molar-refractivity contribution in [2.24, 2.45) is 11.3 Å². The highest BCUT2D eigenvalue weighted by Gasteiger charge is 2.45. The molecule has 0 amide bonds. The van der Waals surface area contributed by atoms with Crippen LogP contribution in [-0.2, 0) is 9.59 Å². The predicted octanol–water partition coefficient (Wildman–Crippen LogP) is 1.68. The van der Waals surface area contributed by atoms with Crippen LogP contribution in [0.4, 0.5) is 0 Å². The highest BCUT2D eigenvalue weighted by molar-refractivity contribution is 5.91. The molecule has 0 aromatic carbocycles. The Labute approximate surface area is 87.9 Å². The summed E-state index contributed by atoms with van der Waals surface area (Å²) in [4.78, 5) is 22.1. The summed E-state index contributed by atoms with van der Waals surface area (Å²) in [6, 6.07) is 0. The largest absolute Gasteiger partial charge is 0.481 e. The Morgan fingerprint density at radius 2 is 1.87 bits per heavy atom. The summed E-state index contributed by atoms with van der Waals surface area (Å²) in [5, 5.41) is 18.1. The van der Waals surface area contributed by atoms with Gasteiger partial charge in [-0.05, 0) is 13.8 Å². The third-order valence-corrected chi connectivity index (χ3v) is 3.36. The van der Waals surface area contributed by atoms with Gasteiger partial charge in [-0.3, -0.25) is 4.79 Å². The van der Waals surface area contributed by atoms with Gasteiger partial charge in [0.25, 0.3) is 0 Å². The van der Waals surface area contributed by atoms with Gasteiger partial charge in [0.1, 0.15) is 0 Å². The molecule has 1 aliphatic carbocycles. The molecule has 0 heterocycles. The van der Waals surface area contributed by atoms with Crippen molar-refractivity contribution in [1.82, 2.24) is 0 Å². The summed E-state index contributed by atoms with van der Waals surface area (Å²) in [6.45, 7) is 4.89. The molecule has 15 heavy (non-hydrogen) atoms. The van der Waals surface area contributed by atoms with Crippen molar-refractivity contribution in [1.29, 1.82) is 0 Å². The number of carbonyl (C=O) groups is 2. The van der Waals surface area contributed by atoms with Gasteiger partial charge in [0.15, 0.2) is 0 Å². The average Bonchev–Trinajstić information content (AvgIpc) is 2.13. The molecule has 4 heteroatoms. The standard InChI is InChI=1S/C11H14O4/c1-6-4-5-8(9(12)13)7(2)11(6,3)10(14)15/h4-5,7H,1-3H3,(H,12,13)(H,14,15). The smallest absolute Gasteiger partial charge is 0.331 e. The van der Waals surface area contributed by atoms with Crippen molar-refractivity contribution >= 4 is 11.9 Å². The Bertz CT molecular complexity index is 378. The van der Waals surface area contributed by atoms with E-state index in [-0.39, 0.29) is 5.57 Å². The lowest BCUT2D eigenvalue weighted by Crippen LogP contribution is -2.39. The van der Waals surface area contributed by atoms with Crippen LogP contribution in [0.25, 0.3) is 0 Å². The van der Waals surface area contributed by atoms with Gasteiger partial charge < -0.3 is 10.2 Å². The fraction of sp³-hybridized carbons (Fsp3) is 0.455. The maximum atomic E-state index is 11.2. The van der Waals surface area contributed by atoms with Crippen molar-refractivity contribution in [3.05, 3.63) is 23.3 Å². The van der Waals surface area contributed by atoms with E-state index in [0.717, 1.165) is 0 Å². The average molecular weight is 210 g/mol. The van der Waals surface area contributed by atoms with E-state index in [1.54, 1.807) is 26.8 Å². The summed E-state index contributed by atoms with van der Waals surface area (Å²) in [7, 11) is 0. The first kappa shape index (κ1) is 11.5. The predicted molar refractivity (Wildman–Crippen MR) is 54.4 cm³/mol. The molecule has 0 aromatic heterocycles. The third-order valence-electron chi connectivity index (χ3n) is 3.36. The number of allylic oxidation sites excluding steroid dienone is 2. The summed E-state index contributed by atoms with van der Waals surface area (Å²) >= 11 is 0. The minimum absolute atomic E-state index is 0.144. The fourth-order valence-electron chi connectivity index (χ4n) is 1.80. The Balaban J connectivity index is 3.27. The van der Waals surface area contributed by atoms with Crippen molar-refractivity contribution in [2.45, 2.75) is 20.8 Å². The maximum absolute atomic E-state index is 11.2. The summed E-state index contributed by atoms with van der Waals surface area (Å²) < 4.78 is 0. The highest BCUT2D eigenvalue weighted by atomic mass is 16.4. The molecule has 0 radical (unpaired) electrons. The van der Waals surface area contributed by atoms with Gasteiger partial charge in [-0.15, -0.1) is 0 Å². The Morgan fingerprint density at radius 3 is 2.27 bits per heavy atom. The molecule has 0 fully saturated rings.